The van der Waals surface area contributed by atoms with Crippen LogP contribution < -0.4 is 5.32 Å². The van der Waals surface area contributed by atoms with E-state index < -0.39 is 22.6 Å². The molecule has 1 spiro atoms. The van der Waals surface area contributed by atoms with Crippen molar-refractivity contribution in [1.82, 2.24) is 10.2 Å². The summed E-state index contributed by atoms with van der Waals surface area (Å²) in [6.07, 6.45) is 5.61. The van der Waals surface area contributed by atoms with Crippen LogP contribution in [0.2, 0.25) is 0 Å². The monoisotopic (exact) mass is 413 g/mol. The molecule has 9 nitrogen and oxygen atoms in total. The smallest absolute Gasteiger partial charge is 0.270 e. The highest BCUT2D eigenvalue weighted by molar-refractivity contribution is 5.99. The van der Waals surface area contributed by atoms with Crippen molar-refractivity contribution in [3.05, 3.63) is 64.1 Å². The molecule has 2 aliphatic rings. The van der Waals surface area contributed by atoms with Crippen molar-refractivity contribution >= 4 is 17.5 Å². The highest BCUT2D eigenvalue weighted by Crippen LogP contribution is 2.41. The van der Waals surface area contributed by atoms with Gasteiger partial charge in [0.1, 0.15) is 17.5 Å². The van der Waals surface area contributed by atoms with Gasteiger partial charge in [0, 0.05) is 17.7 Å². The lowest BCUT2D eigenvalue weighted by molar-refractivity contribution is -0.384. The predicted molar refractivity (Wildman–Crippen MR) is 105 cm³/mol. The van der Waals surface area contributed by atoms with E-state index in [2.05, 4.69) is 5.32 Å². The molecule has 1 saturated carbocycles. The third kappa shape index (κ3) is 3.80. The molecular formula is C21H23N3O6. The van der Waals surface area contributed by atoms with Crippen molar-refractivity contribution in [2.45, 2.75) is 50.4 Å². The number of ether oxygens (including phenoxy) is 1. The summed E-state index contributed by atoms with van der Waals surface area (Å²) in [6.45, 7) is 0.291. The zero-order chi connectivity index (χ0) is 21.1. The molecule has 1 atom stereocenters. The first-order valence-corrected chi connectivity index (χ1v) is 10.0. The molecular weight excluding hydrogens is 390 g/mol. The van der Waals surface area contributed by atoms with Gasteiger partial charge in [-0.3, -0.25) is 24.6 Å². The molecule has 158 valence electrons. The lowest BCUT2D eigenvalue weighted by atomic mass is 9.89. The number of nitrogens with one attached hydrogen (secondary N) is 1. The standard InChI is InChI=1S/C21H23N3O6/c25-19(22-13-17-8-5-11-29-17)18-14-30-21(9-2-1-3-10-21)23(18)20(26)15-6-4-7-16(12-15)24(27)28/h4-8,11-12,18H,1-3,9-10,13-14H2,(H,22,25)/t18-/m0/s1. The molecule has 2 fully saturated rings. The Balaban J connectivity index is 1.61. The molecule has 0 bridgehead atoms. The summed E-state index contributed by atoms with van der Waals surface area (Å²) in [5, 5.41) is 13.9. The van der Waals surface area contributed by atoms with Crippen LogP contribution in [0.15, 0.2) is 47.1 Å². The van der Waals surface area contributed by atoms with Crippen LogP contribution in [-0.2, 0) is 16.1 Å². The summed E-state index contributed by atoms with van der Waals surface area (Å²) in [4.78, 5) is 38.5. The number of non-ortho nitro benzene ring substituents is 1. The third-order valence-electron chi connectivity index (χ3n) is 5.74. The van der Waals surface area contributed by atoms with Crippen molar-refractivity contribution in [3.63, 3.8) is 0 Å². The second-order valence-electron chi connectivity index (χ2n) is 7.61. The van der Waals surface area contributed by atoms with Crippen molar-refractivity contribution in [3.8, 4) is 0 Å². The summed E-state index contributed by atoms with van der Waals surface area (Å²) >= 11 is 0. The van der Waals surface area contributed by atoms with Crippen LogP contribution in [-0.4, -0.2) is 40.0 Å². The maximum atomic E-state index is 13.5. The number of nitrogens with zero attached hydrogens (tertiary/aromatic N) is 2. The Labute approximate surface area is 173 Å². The fourth-order valence-corrected chi connectivity index (χ4v) is 4.27. The average Bonchev–Trinajstić information content (AvgIpc) is 3.40. The highest BCUT2D eigenvalue weighted by atomic mass is 16.6. The molecule has 1 aliphatic carbocycles. The van der Waals surface area contributed by atoms with Crippen molar-refractivity contribution < 1.29 is 23.7 Å². The van der Waals surface area contributed by atoms with E-state index in [9.17, 15) is 19.7 Å². The predicted octanol–water partition coefficient (Wildman–Crippen LogP) is 3.01. The number of hydrogen-bond donors (Lipinski definition) is 1. The molecule has 2 amide bonds. The molecule has 2 heterocycles. The Morgan fingerprint density at radius 3 is 2.70 bits per heavy atom. The lowest BCUT2D eigenvalue weighted by Gasteiger charge is -2.41. The molecule has 1 aromatic carbocycles. The second kappa shape index (κ2) is 8.27. The van der Waals surface area contributed by atoms with E-state index in [1.54, 1.807) is 12.1 Å². The summed E-state index contributed by atoms with van der Waals surface area (Å²) < 4.78 is 11.3. The number of rotatable bonds is 5. The van der Waals surface area contributed by atoms with Crippen molar-refractivity contribution in [2.75, 3.05) is 6.61 Å². The van der Waals surface area contributed by atoms with Gasteiger partial charge >= 0.3 is 0 Å². The summed E-state index contributed by atoms with van der Waals surface area (Å²) in [5.74, 6) is -0.171. The summed E-state index contributed by atoms with van der Waals surface area (Å²) in [6, 6.07) is 8.25. The Bertz CT molecular complexity index is 936. The number of benzene rings is 1. The molecule has 2 aromatic rings. The van der Waals surface area contributed by atoms with E-state index in [4.69, 9.17) is 9.15 Å². The minimum Gasteiger partial charge on any atom is -0.467 e. The Hall–Kier alpha value is -3.20. The SMILES string of the molecule is O=C(NCc1ccco1)[C@@H]1COC2(CCCCC2)N1C(=O)c1cccc([N+](=O)[O-])c1. The first-order chi connectivity index (χ1) is 14.5. The van der Waals surface area contributed by atoms with Gasteiger partial charge in [-0.25, -0.2) is 0 Å². The van der Waals surface area contributed by atoms with Crippen molar-refractivity contribution in [2.24, 2.45) is 0 Å². The first-order valence-electron chi connectivity index (χ1n) is 10.0. The Morgan fingerprint density at radius 1 is 1.20 bits per heavy atom. The van der Waals surface area contributed by atoms with Gasteiger partial charge < -0.3 is 14.5 Å². The molecule has 1 aromatic heterocycles. The van der Waals surface area contributed by atoms with Crippen LogP contribution in [0.25, 0.3) is 0 Å². The number of nitro benzene ring substituents is 1. The van der Waals surface area contributed by atoms with E-state index in [0.717, 1.165) is 19.3 Å². The highest BCUT2D eigenvalue weighted by Gasteiger charge is 2.53. The zero-order valence-electron chi connectivity index (χ0n) is 16.4. The fourth-order valence-electron chi connectivity index (χ4n) is 4.27. The van der Waals surface area contributed by atoms with Crippen LogP contribution >= 0.6 is 0 Å². The van der Waals surface area contributed by atoms with Crippen LogP contribution in [0.3, 0.4) is 0 Å². The molecule has 1 aliphatic heterocycles. The van der Waals surface area contributed by atoms with Crippen LogP contribution in [0.5, 0.6) is 0 Å². The van der Waals surface area contributed by atoms with Gasteiger partial charge in [-0.05, 0) is 43.9 Å². The minimum atomic E-state index is -0.855. The molecule has 0 unspecified atom stereocenters. The number of carbonyl (C=O) groups excluding carboxylic acids is 2. The maximum Gasteiger partial charge on any atom is 0.270 e. The van der Waals surface area contributed by atoms with Crippen LogP contribution in [0.4, 0.5) is 5.69 Å². The average molecular weight is 413 g/mol. The third-order valence-corrected chi connectivity index (χ3v) is 5.74. The number of furan rings is 1. The quantitative estimate of drug-likeness (QED) is 0.595. The minimum absolute atomic E-state index is 0.0880. The Morgan fingerprint density at radius 2 is 2.00 bits per heavy atom. The number of amides is 2. The summed E-state index contributed by atoms with van der Waals surface area (Å²) in [5.41, 5.74) is -0.854. The van der Waals surface area contributed by atoms with E-state index in [1.165, 1.54) is 35.4 Å². The van der Waals surface area contributed by atoms with Gasteiger partial charge in [0.25, 0.3) is 11.6 Å². The van der Waals surface area contributed by atoms with Crippen LogP contribution in [0.1, 0.15) is 48.2 Å². The number of hydrogen-bond acceptors (Lipinski definition) is 6. The summed E-state index contributed by atoms with van der Waals surface area (Å²) in [7, 11) is 0. The van der Waals surface area contributed by atoms with E-state index in [-0.39, 0.29) is 30.3 Å². The maximum absolute atomic E-state index is 13.5. The number of carbonyl (C=O) groups is 2. The molecule has 9 heteroatoms. The molecule has 1 saturated heterocycles. The Kier molecular flexibility index (Phi) is 5.54. The zero-order valence-corrected chi connectivity index (χ0v) is 16.4. The largest absolute Gasteiger partial charge is 0.467 e. The van der Waals surface area contributed by atoms with Gasteiger partial charge in [0.05, 0.1) is 24.3 Å². The van der Waals surface area contributed by atoms with E-state index in [0.29, 0.717) is 18.6 Å². The topological polar surface area (TPSA) is 115 Å². The van der Waals surface area contributed by atoms with E-state index in [1.807, 2.05) is 0 Å². The molecule has 0 radical (unpaired) electrons. The fraction of sp³-hybridized carbons (Fsp3) is 0.429. The molecule has 4 rings (SSSR count). The van der Waals surface area contributed by atoms with Gasteiger partial charge in [0.15, 0.2) is 0 Å². The lowest BCUT2D eigenvalue weighted by Crippen LogP contribution is -2.56. The van der Waals surface area contributed by atoms with Gasteiger partial charge in [-0.2, -0.15) is 0 Å². The first kappa shape index (κ1) is 20.1. The van der Waals surface area contributed by atoms with Gasteiger partial charge in [-0.1, -0.05) is 12.5 Å². The van der Waals surface area contributed by atoms with E-state index >= 15 is 0 Å². The molecule has 1 N–H and O–H groups in total. The number of nitro groups is 1. The van der Waals surface area contributed by atoms with Crippen molar-refractivity contribution in [1.29, 1.82) is 0 Å². The normalized spacial score (nSPS) is 20.3. The van der Waals surface area contributed by atoms with Crippen LogP contribution in [0, 0.1) is 10.1 Å². The molecule has 30 heavy (non-hydrogen) atoms. The second-order valence-corrected chi connectivity index (χ2v) is 7.61. The van der Waals surface area contributed by atoms with Gasteiger partial charge in [0.2, 0.25) is 5.91 Å². The van der Waals surface area contributed by atoms with Gasteiger partial charge in [-0.15, -0.1) is 0 Å².